The van der Waals surface area contributed by atoms with Crippen LogP contribution in [0.2, 0.25) is 0 Å². The molecule has 1 amide bonds. The van der Waals surface area contributed by atoms with Crippen LogP contribution in [0.15, 0.2) is 48.8 Å². The van der Waals surface area contributed by atoms with Crippen LogP contribution in [0.25, 0.3) is 11.3 Å². The van der Waals surface area contributed by atoms with Gasteiger partial charge in [-0.25, -0.2) is 19.9 Å². The molecule has 3 aromatic rings. The molecular formula is C20H22N6O. The highest BCUT2D eigenvalue weighted by Gasteiger charge is 2.12. The zero-order valence-electron chi connectivity index (χ0n) is 15.7. The van der Waals surface area contributed by atoms with Crippen molar-refractivity contribution >= 4 is 11.9 Å². The quantitative estimate of drug-likeness (QED) is 0.724. The normalized spacial score (nSPS) is 10.5. The molecule has 0 aliphatic carbocycles. The van der Waals surface area contributed by atoms with E-state index >= 15 is 0 Å². The summed E-state index contributed by atoms with van der Waals surface area (Å²) in [4.78, 5) is 31.6. The summed E-state index contributed by atoms with van der Waals surface area (Å²) in [5.41, 5.74) is 3.03. The molecule has 0 radical (unpaired) electrons. The van der Waals surface area contributed by atoms with Gasteiger partial charge in [0, 0.05) is 45.0 Å². The molecule has 0 aliphatic heterocycles. The van der Waals surface area contributed by atoms with Crippen molar-refractivity contribution < 1.29 is 4.79 Å². The molecule has 2 heterocycles. The fourth-order valence-corrected chi connectivity index (χ4v) is 2.57. The van der Waals surface area contributed by atoms with Crippen LogP contribution in [0.4, 0.5) is 5.95 Å². The number of benzene rings is 1. The molecule has 0 bridgehead atoms. The number of hydrogen-bond acceptors (Lipinski definition) is 6. The third kappa shape index (κ3) is 4.63. The number of hydrogen-bond donors (Lipinski definition) is 1. The van der Waals surface area contributed by atoms with Gasteiger partial charge in [-0.3, -0.25) is 4.79 Å². The maximum absolute atomic E-state index is 12.4. The van der Waals surface area contributed by atoms with E-state index in [9.17, 15) is 4.79 Å². The Morgan fingerprint density at radius 1 is 1.07 bits per heavy atom. The zero-order chi connectivity index (χ0) is 19.2. The first kappa shape index (κ1) is 18.4. The molecule has 3 rings (SSSR count). The van der Waals surface area contributed by atoms with Gasteiger partial charge in [0.1, 0.15) is 5.82 Å². The Kier molecular flexibility index (Phi) is 5.71. The molecule has 0 saturated carbocycles. The van der Waals surface area contributed by atoms with Crippen molar-refractivity contribution in [2.24, 2.45) is 0 Å². The molecule has 0 unspecified atom stereocenters. The maximum Gasteiger partial charge on any atom is 0.254 e. The lowest BCUT2D eigenvalue weighted by atomic mass is 10.1. The predicted molar refractivity (Wildman–Crippen MR) is 105 cm³/mol. The first-order chi connectivity index (χ1) is 13.0. The molecule has 1 aromatic carbocycles. The number of nitrogens with one attached hydrogen (secondary N) is 1. The molecule has 1 N–H and O–H groups in total. The van der Waals surface area contributed by atoms with Crippen LogP contribution in [0.3, 0.4) is 0 Å². The summed E-state index contributed by atoms with van der Waals surface area (Å²) in [6, 6.07) is 11.8. The van der Waals surface area contributed by atoms with Gasteiger partial charge in [0.05, 0.1) is 17.0 Å². The van der Waals surface area contributed by atoms with Crippen molar-refractivity contribution in [1.82, 2.24) is 25.3 Å². The molecule has 0 spiro atoms. The maximum atomic E-state index is 12.4. The van der Waals surface area contributed by atoms with Crippen molar-refractivity contribution in [2.75, 3.05) is 25.5 Å². The summed E-state index contributed by atoms with van der Waals surface area (Å²) in [5, 5.41) is 2.88. The third-order valence-corrected chi connectivity index (χ3v) is 4.02. The Bertz CT molecular complexity index is 927. The van der Waals surface area contributed by atoms with E-state index in [1.54, 1.807) is 24.2 Å². The Balaban J connectivity index is 1.61. The molecule has 138 valence electrons. The lowest BCUT2D eigenvalue weighted by Gasteiger charge is -2.12. The minimum absolute atomic E-state index is 0.197. The van der Waals surface area contributed by atoms with Crippen LogP contribution in [-0.2, 0) is 6.42 Å². The minimum Gasteiger partial charge on any atom is -0.351 e. The molecule has 7 nitrogen and oxygen atoms in total. The monoisotopic (exact) mass is 362 g/mol. The average Bonchev–Trinajstić information content (AvgIpc) is 2.68. The second-order valence-corrected chi connectivity index (χ2v) is 6.29. The van der Waals surface area contributed by atoms with E-state index in [1.807, 2.05) is 50.5 Å². The molecule has 0 saturated heterocycles. The number of carbonyl (C=O) groups excluding carboxylic acids is 1. The molecule has 2 aromatic heterocycles. The van der Waals surface area contributed by atoms with E-state index < -0.39 is 0 Å². The highest BCUT2D eigenvalue weighted by Crippen LogP contribution is 2.15. The molecule has 7 heteroatoms. The van der Waals surface area contributed by atoms with Crippen molar-refractivity contribution in [1.29, 1.82) is 0 Å². The van der Waals surface area contributed by atoms with Crippen LogP contribution < -0.4 is 10.2 Å². The Morgan fingerprint density at radius 2 is 1.85 bits per heavy atom. The van der Waals surface area contributed by atoms with E-state index in [1.165, 1.54) is 0 Å². The van der Waals surface area contributed by atoms with Crippen LogP contribution in [0, 0.1) is 6.92 Å². The minimum atomic E-state index is -0.197. The first-order valence-electron chi connectivity index (χ1n) is 8.71. The van der Waals surface area contributed by atoms with Gasteiger partial charge in [-0.2, -0.15) is 0 Å². The summed E-state index contributed by atoms with van der Waals surface area (Å²) in [7, 11) is 3.72. The summed E-state index contributed by atoms with van der Waals surface area (Å²) >= 11 is 0. The predicted octanol–water partition coefficient (Wildman–Crippen LogP) is 2.28. The number of rotatable bonds is 6. The van der Waals surface area contributed by atoms with Crippen molar-refractivity contribution in [3.8, 4) is 11.3 Å². The van der Waals surface area contributed by atoms with Gasteiger partial charge in [0.25, 0.3) is 5.91 Å². The summed E-state index contributed by atoms with van der Waals surface area (Å²) in [6.07, 6.45) is 3.84. The Labute approximate surface area is 158 Å². The summed E-state index contributed by atoms with van der Waals surface area (Å²) in [5.74, 6) is 1.07. The van der Waals surface area contributed by atoms with Crippen molar-refractivity contribution in [2.45, 2.75) is 13.3 Å². The number of aryl methyl sites for hydroxylation is 1. The standard InChI is InChI=1S/C20H22N6O/c1-14-16(13-23-20(24-14)26(2)3)19(27)22-12-10-18-21-11-9-17(25-18)15-7-5-4-6-8-15/h4-9,11,13H,10,12H2,1-3H3,(H,22,27). The first-order valence-corrected chi connectivity index (χ1v) is 8.71. The second kappa shape index (κ2) is 8.35. The van der Waals surface area contributed by atoms with Gasteiger partial charge < -0.3 is 10.2 Å². The van der Waals surface area contributed by atoms with Crippen LogP contribution in [0.5, 0.6) is 0 Å². The van der Waals surface area contributed by atoms with Crippen LogP contribution in [0.1, 0.15) is 21.9 Å². The SMILES string of the molecule is Cc1nc(N(C)C)ncc1C(=O)NCCc1nccc(-c2ccccc2)n1. The van der Waals surface area contributed by atoms with Crippen LogP contribution in [-0.4, -0.2) is 46.5 Å². The Morgan fingerprint density at radius 3 is 2.56 bits per heavy atom. The van der Waals surface area contributed by atoms with Crippen LogP contribution >= 0.6 is 0 Å². The lowest BCUT2D eigenvalue weighted by Crippen LogP contribution is -2.27. The lowest BCUT2D eigenvalue weighted by molar-refractivity contribution is 0.0952. The Hall–Kier alpha value is -3.35. The highest BCUT2D eigenvalue weighted by atomic mass is 16.1. The largest absolute Gasteiger partial charge is 0.351 e. The van der Waals surface area contributed by atoms with E-state index in [4.69, 9.17) is 0 Å². The van der Waals surface area contributed by atoms with Crippen molar-refractivity contribution in [3.05, 3.63) is 65.9 Å². The van der Waals surface area contributed by atoms with E-state index in [0.29, 0.717) is 36.0 Å². The number of amides is 1. The smallest absolute Gasteiger partial charge is 0.254 e. The van der Waals surface area contributed by atoms with Gasteiger partial charge in [0.15, 0.2) is 0 Å². The second-order valence-electron chi connectivity index (χ2n) is 6.29. The zero-order valence-corrected chi connectivity index (χ0v) is 15.7. The van der Waals surface area contributed by atoms with Gasteiger partial charge in [-0.05, 0) is 13.0 Å². The fraction of sp³-hybridized carbons (Fsp3) is 0.250. The van der Waals surface area contributed by atoms with E-state index in [2.05, 4.69) is 25.3 Å². The van der Waals surface area contributed by atoms with Gasteiger partial charge in [0.2, 0.25) is 5.95 Å². The number of carbonyl (C=O) groups is 1. The van der Waals surface area contributed by atoms with Gasteiger partial charge in [-0.1, -0.05) is 30.3 Å². The third-order valence-electron chi connectivity index (χ3n) is 4.02. The molecule has 0 atom stereocenters. The number of aromatic nitrogens is 4. The molecular weight excluding hydrogens is 340 g/mol. The topological polar surface area (TPSA) is 83.9 Å². The average molecular weight is 362 g/mol. The van der Waals surface area contributed by atoms with Gasteiger partial charge in [-0.15, -0.1) is 0 Å². The van der Waals surface area contributed by atoms with Crippen molar-refractivity contribution in [3.63, 3.8) is 0 Å². The molecule has 27 heavy (non-hydrogen) atoms. The summed E-state index contributed by atoms with van der Waals surface area (Å²) < 4.78 is 0. The molecule has 0 aliphatic rings. The fourth-order valence-electron chi connectivity index (χ4n) is 2.57. The molecule has 0 fully saturated rings. The summed E-state index contributed by atoms with van der Waals surface area (Å²) in [6.45, 7) is 2.24. The van der Waals surface area contributed by atoms with E-state index in [-0.39, 0.29) is 5.91 Å². The number of nitrogens with zero attached hydrogens (tertiary/aromatic N) is 5. The highest BCUT2D eigenvalue weighted by molar-refractivity contribution is 5.94. The van der Waals surface area contributed by atoms with E-state index in [0.717, 1.165) is 11.3 Å². The van der Waals surface area contributed by atoms with Gasteiger partial charge >= 0.3 is 0 Å². The number of anilines is 1.